The first-order chi connectivity index (χ1) is 10.7. The topological polar surface area (TPSA) is 54.2 Å². The van der Waals surface area contributed by atoms with Gasteiger partial charge in [0.15, 0.2) is 5.96 Å². The van der Waals surface area contributed by atoms with Crippen molar-refractivity contribution in [2.24, 2.45) is 12.0 Å². The number of aryl methyl sites for hydroxylation is 2. The summed E-state index contributed by atoms with van der Waals surface area (Å²) in [6.45, 7) is 3.68. The lowest BCUT2D eigenvalue weighted by atomic mass is 10.2. The Labute approximate surface area is 136 Å². The molecule has 0 aliphatic carbocycles. The zero-order valence-corrected chi connectivity index (χ0v) is 14.2. The van der Waals surface area contributed by atoms with E-state index in [1.807, 2.05) is 29.6 Å². The largest absolute Gasteiger partial charge is 0.356 e. The van der Waals surface area contributed by atoms with Gasteiger partial charge in [0, 0.05) is 37.5 Å². The van der Waals surface area contributed by atoms with E-state index < -0.39 is 0 Å². The van der Waals surface area contributed by atoms with Crippen molar-refractivity contribution in [3.05, 3.63) is 47.8 Å². The Morgan fingerprint density at radius 3 is 2.64 bits per heavy atom. The minimum absolute atomic E-state index is 0.710. The van der Waals surface area contributed by atoms with Crippen LogP contribution >= 0.6 is 11.8 Å². The Kier molecular flexibility index (Phi) is 6.33. The summed E-state index contributed by atoms with van der Waals surface area (Å²) in [7, 11) is 3.72. The van der Waals surface area contributed by atoms with Gasteiger partial charge >= 0.3 is 0 Å². The van der Waals surface area contributed by atoms with Crippen molar-refractivity contribution in [2.75, 3.05) is 19.3 Å². The van der Waals surface area contributed by atoms with Crippen LogP contribution in [0.3, 0.4) is 0 Å². The zero-order valence-electron chi connectivity index (χ0n) is 13.3. The normalized spacial score (nSPS) is 11.5. The molecule has 2 N–H and O–H groups in total. The standard InChI is InChI=1S/C16H23N5S/c1-13-4-6-15(7-5-13)22-11-10-18-16(17-2)19-12-14-8-9-20-21(14)3/h4-9H,10-12H2,1-3H3,(H2,17,18,19). The van der Waals surface area contributed by atoms with Crippen molar-refractivity contribution in [1.82, 2.24) is 20.4 Å². The average molecular weight is 317 g/mol. The van der Waals surface area contributed by atoms with Gasteiger partial charge in [-0.25, -0.2) is 0 Å². The summed E-state index contributed by atoms with van der Waals surface area (Å²) < 4.78 is 1.85. The molecule has 2 rings (SSSR count). The second-order valence-corrected chi connectivity index (χ2v) is 6.13. The third kappa shape index (κ3) is 5.11. The third-order valence-corrected chi connectivity index (χ3v) is 4.28. The molecule has 1 aromatic carbocycles. The van der Waals surface area contributed by atoms with Crippen LogP contribution in [-0.4, -0.2) is 35.1 Å². The second kappa shape index (κ2) is 8.48. The molecule has 0 amide bonds. The van der Waals surface area contributed by atoms with E-state index in [0.717, 1.165) is 24.0 Å². The van der Waals surface area contributed by atoms with Gasteiger partial charge in [-0.15, -0.1) is 11.8 Å². The van der Waals surface area contributed by atoms with Gasteiger partial charge in [0.2, 0.25) is 0 Å². The minimum Gasteiger partial charge on any atom is -0.356 e. The number of nitrogens with one attached hydrogen (secondary N) is 2. The lowest BCUT2D eigenvalue weighted by Crippen LogP contribution is -2.38. The van der Waals surface area contributed by atoms with E-state index in [1.165, 1.54) is 10.5 Å². The number of hydrogen-bond acceptors (Lipinski definition) is 3. The predicted molar refractivity (Wildman–Crippen MR) is 93.3 cm³/mol. The molecule has 6 heteroatoms. The zero-order chi connectivity index (χ0) is 15.8. The number of aromatic nitrogens is 2. The number of aliphatic imine (C=N–C) groups is 1. The maximum absolute atomic E-state index is 4.23. The summed E-state index contributed by atoms with van der Waals surface area (Å²) in [6.07, 6.45) is 1.80. The van der Waals surface area contributed by atoms with E-state index in [1.54, 1.807) is 13.2 Å². The fraction of sp³-hybridized carbons (Fsp3) is 0.375. The molecular weight excluding hydrogens is 294 g/mol. The molecule has 0 aliphatic rings. The van der Waals surface area contributed by atoms with E-state index in [2.05, 4.69) is 51.9 Å². The third-order valence-electron chi connectivity index (χ3n) is 3.27. The molecule has 0 fully saturated rings. The van der Waals surface area contributed by atoms with Crippen molar-refractivity contribution in [2.45, 2.75) is 18.4 Å². The number of guanidine groups is 1. The summed E-state index contributed by atoms with van der Waals surface area (Å²) in [6, 6.07) is 10.6. The highest BCUT2D eigenvalue weighted by Gasteiger charge is 2.01. The summed E-state index contributed by atoms with van der Waals surface area (Å²) >= 11 is 1.84. The van der Waals surface area contributed by atoms with Crippen molar-refractivity contribution < 1.29 is 0 Å². The van der Waals surface area contributed by atoms with Gasteiger partial charge in [-0.05, 0) is 25.1 Å². The van der Waals surface area contributed by atoms with Gasteiger partial charge in [0.25, 0.3) is 0 Å². The Balaban J connectivity index is 1.68. The number of nitrogens with zero attached hydrogens (tertiary/aromatic N) is 3. The molecule has 0 saturated heterocycles. The molecule has 22 heavy (non-hydrogen) atoms. The van der Waals surface area contributed by atoms with Gasteiger partial charge < -0.3 is 10.6 Å². The van der Waals surface area contributed by atoms with Gasteiger partial charge in [-0.3, -0.25) is 9.67 Å². The summed E-state index contributed by atoms with van der Waals surface area (Å²) in [5.74, 6) is 1.81. The first kappa shape index (κ1) is 16.4. The van der Waals surface area contributed by atoms with Gasteiger partial charge in [-0.2, -0.15) is 5.10 Å². The van der Waals surface area contributed by atoms with Crippen molar-refractivity contribution >= 4 is 17.7 Å². The molecule has 0 radical (unpaired) electrons. The molecule has 1 aromatic heterocycles. The Hall–Kier alpha value is -1.95. The van der Waals surface area contributed by atoms with Crippen LogP contribution in [0.1, 0.15) is 11.3 Å². The molecule has 0 unspecified atom stereocenters. The van der Waals surface area contributed by atoms with Crippen molar-refractivity contribution in [3.63, 3.8) is 0 Å². The highest BCUT2D eigenvalue weighted by Crippen LogP contribution is 2.17. The molecule has 2 aromatic rings. The Morgan fingerprint density at radius 1 is 1.23 bits per heavy atom. The van der Waals surface area contributed by atoms with Crippen molar-refractivity contribution in [1.29, 1.82) is 0 Å². The van der Waals surface area contributed by atoms with Crippen molar-refractivity contribution in [3.8, 4) is 0 Å². The fourth-order valence-electron chi connectivity index (χ4n) is 1.94. The van der Waals surface area contributed by atoms with E-state index in [9.17, 15) is 0 Å². The smallest absolute Gasteiger partial charge is 0.191 e. The molecule has 0 bridgehead atoms. The summed E-state index contributed by atoms with van der Waals surface area (Å²) in [5.41, 5.74) is 2.42. The van der Waals surface area contributed by atoms with E-state index >= 15 is 0 Å². The van der Waals surface area contributed by atoms with Crippen LogP contribution in [0.25, 0.3) is 0 Å². The molecule has 0 atom stereocenters. The summed E-state index contributed by atoms with van der Waals surface area (Å²) in [5, 5.41) is 10.8. The van der Waals surface area contributed by atoms with Gasteiger partial charge in [0.05, 0.1) is 12.2 Å². The minimum atomic E-state index is 0.710. The SMILES string of the molecule is CN=C(NCCSc1ccc(C)cc1)NCc1ccnn1C. The predicted octanol–water partition coefficient (Wildman–Crippen LogP) is 2.19. The summed E-state index contributed by atoms with van der Waals surface area (Å²) in [4.78, 5) is 5.53. The Morgan fingerprint density at radius 2 is 2.00 bits per heavy atom. The lowest BCUT2D eigenvalue weighted by molar-refractivity contribution is 0.686. The van der Waals surface area contributed by atoms with E-state index in [4.69, 9.17) is 0 Å². The maximum atomic E-state index is 4.23. The van der Waals surface area contributed by atoms with Gasteiger partial charge in [-0.1, -0.05) is 17.7 Å². The number of benzene rings is 1. The van der Waals surface area contributed by atoms with Gasteiger partial charge in [0.1, 0.15) is 0 Å². The van der Waals surface area contributed by atoms with Crippen LogP contribution in [0, 0.1) is 6.92 Å². The first-order valence-corrected chi connectivity index (χ1v) is 8.28. The Bertz CT molecular complexity index is 603. The monoisotopic (exact) mass is 317 g/mol. The molecule has 0 saturated carbocycles. The van der Waals surface area contributed by atoms with Crippen LogP contribution in [0.4, 0.5) is 0 Å². The van der Waals surface area contributed by atoms with Crippen LogP contribution in [0.5, 0.6) is 0 Å². The number of thioether (sulfide) groups is 1. The highest BCUT2D eigenvalue weighted by molar-refractivity contribution is 7.99. The molecule has 1 heterocycles. The number of hydrogen-bond donors (Lipinski definition) is 2. The van der Waals surface area contributed by atoms with Crippen LogP contribution in [0.15, 0.2) is 46.4 Å². The molecular formula is C16H23N5S. The maximum Gasteiger partial charge on any atom is 0.191 e. The molecule has 5 nitrogen and oxygen atoms in total. The highest BCUT2D eigenvalue weighted by atomic mass is 32.2. The molecule has 0 aliphatic heterocycles. The lowest BCUT2D eigenvalue weighted by Gasteiger charge is -2.11. The first-order valence-electron chi connectivity index (χ1n) is 7.30. The average Bonchev–Trinajstić information content (AvgIpc) is 2.93. The molecule has 0 spiro atoms. The van der Waals surface area contributed by atoms with E-state index in [-0.39, 0.29) is 0 Å². The van der Waals surface area contributed by atoms with Crippen LogP contribution in [0.2, 0.25) is 0 Å². The second-order valence-electron chi connectivity index (χ2n) is 4.96. The fourth-order valence-corrected chi connectivity index (χ4v) is 2.71. The van der Waals surface area contributed by atoms with Crippen LogP contribution < -0.4 is 10.6 Å². The van der Waals surface area contributed by atoms with Crippen LogP contribution in [-0.2, 0) is 13.6 Å². The quantitative estimate of drug-likeness (QED) is 0.371. The molecule has 118 valence electrons. The number of rotatable bonds is 6. The van der Waals surface area contributed by atoms with E-state index in [0.29, 0.717) is 6.54 Å².